The highest BCUT2D eigenvalue weighted by Crippen LogP contribution is 2.33. The minimum absolute atomic E-state index is 0.617. The van der Waals surface area contributed by atoms with Crippen LogP contribution in [0.1, 0.15) is 18.4 Å². The first kappa shape index (κ1) is 10.6. The Bertz CT molecular complexity index is 390. The maximum absolute atomic E-state index is 5.80. The van der Waals surface area contributed by atoms with Gasteiger partial charge in [0.25, 0.3) is 0 Å². The second-order valence-corrected chi connectivity index (χ2v) is 5.63. The Morgan fingerprint density at radius 3 is 3.06 bits per heavy atom. The predicted octanol–water partition coefficient (Wildman–Crippen LogP) is 2.75. The second kappa shape index (κ2) is 4.38. The van der Waals surface area contributed by atoms with Gasteiger partial charge in [-0.25, -0.2) is 0 Å². The summed E-state index contributed by atoms with van der Waals surface area (Å²) in [6, 6.07) is 6.98. The van der Waals surface area contributed by atoms with Crippen LogP contribution in [0.5, 0.6) is 5.75 Å². The highest BCUT2D eigenvalue weighted by Gasteiger charge is 2.25. The van der Waals surface area contributed by atoms with E-state index in [0.29, 0.717) is 5.92 Å². The first-order valence-corrected chi connectivity index (χ1v) is 6.76. The summed E-state index contributed by atoms with van der Waals surface area (Å²) in [5.41, 5.74) is 1.33. The molecule has 0 spiro atoms. The molecule has 3 rings (SSSR count). The molecule has 0 amide bonds. The first-order valence-electron chi connectivity index (χ1n) is 5.96. The van der Waals surface area contributed by atoms with Gasteiger partial charge in [0.15, 0.2) is 0 Å². The van der Waals surface area contributed by atoms with Crippen molar-refractivity contribution in [3.05, 3.63) is 28.2 Å². The maximum atomic E-state index is 5.80. The van der Waals surface area contributed by atoms with E-state index in [1.165, 1.54) is 22.9 Å². The predicted molar refractivity (Wildman–Crippen MR) is 67.9 cm³/mol. The number of hydrogen-bond acceptors (Lipinski definition) is 2. The molecule has 1 fully saturated rings. The molecule has 0 radical (unpaired) electrons. The minimum Gasteiger partial charge on any atom is -0.493 e. The van der Waals surface area contributed by atoms with Gasteiger partial charge in [-0.2, -0.15) is 0 Å². The molecule has 0 bridgehead atoms. The largest absolute Gasteiger partial charge is 0.493 e. The third-order valence-electron chi connectivity index (χ3n) is 3.32. The fourth-order valence-electron chi connectivity index (χ4n) is 2.18. The molecular weight excluding hydrogens is 266 g/mol. The molecule has 3 heteroatoms. The van der Waals surface area contributed by atoms with E-state index in [1.807, 2.05) is 6.07 Å². The SMILES string of the molecule is Brc1cccc2c1CC(CNC1CC1)CO2. The summed E-state index contributed by atoms with van der Waals surface area (Å²) >= 11 is 3.60. The van der Waals surface area contributed by atoms with Gasteiger partial charge in [-0.3, -0.25) is 0 Å². The fourth-order valence-corrected chi connectivity index (χ4v) is 2.69. The van der Waals surface area contributed by atoms with Gasteiger partial charge in [-0.1, -0.05) is 22.0 Å². The molecule has 1 atom stereocenters. The zero-order valence-corrected chi connectivity index (χ0v) is 10.8. The molecule has 2 nitrogen and oxygen atoms in total. The van der Waals surface area contributed by atoms with Gasteiger partial charge in [-0.05, 0) is 31.4 Å². The van der Waals surface area contributed by atoms with E-state index in [-0.39, 0.29) is 0 Å². The average Bonchev–Trinajstić information content (AvgIpc) is 3.11. The van der Waals surface area contributed by atoms with E-state index in [0.717, 1.165) is 31.4 Å². The zero-order chi connectivity index (χ0) is 11.0. The van der Waals surface area contributed by atoms with E-state index < -0.39 is 0 Å². The molecule has 1 aliphatic heterocycles. The third-order valence-corrected chi connectivity index (χ3v) is 4.06. The lowest BCUT2D eigenvalue weighted by molar-refractivity contribution is 0.217. The Morgan fingerprint density at radius 1 is 1.38 bits per heavy atom. The van der Waals surface area contributed by atoms with Crippen molar-refractivity contribution in [1.29, 1.82) is 0 Å². The van der Waals surface area contributed by atoms with Crippen molar-refractivity contribution in [2.45, 2.75) is 25.3 Å². The molecule has 1 heterocycles. The molecular formula is C13H16BrNO. The van der Waals surface area contributed by atoms with Crippen molar-refractivity contribution in [3.63, 3.8) is 0 Å². The zero-order valence-electron chi connectivity index (χ0n) is 9.21. The minimum atomic E-state index is 0.617. The van der Waals surface area contributed by atoms with Crippen LogP contribution in [-0.2, 0) is 6.42 Å². The Kier molecular flexibility index (Phi) is 2.90. The van der Waals surface area contributed by atoms with Crippen molar-refractivity contribution in [3.8, 4) is 5.75 Å². The van der Waals surface area contributed by atoms with Crippen LogP contribution in [0.4, 0.5) is 0 Å². The van der Waals surface area contributed by atoms with Crippen LogP contribution in [0.2, 0.25) is 0 Å². The lowest BCUT2D eigenvalue weighted by atomic mass is 9.97. The fraction of sp³-hybridized carbons (Fsp3) is 0.538. The number of hydrogen-bond donors (Lipinski definition) is 1. The summed E-state index contributed by atoms with van der Waals surface area (Å²) in [6.45, 7) is 1.94. The Hall–Kier alpha value is -0.540. The average molecular weight is 282 g/mol. The highest BCUT2D eigenvalue weighted by atomic mass is 79.9. The van der Waals surface area contributed by atoms with E-state index >= 15 is 0 Å². The molecule has 1 unspecified atom stereocenters. The number of benzene rings is 1. The summed E-state index contributed by atoms with van der Waals surface area (Å²) in [4.78, 5) is 0. The van der Waals surface area contributed by atoms with Crippen LogP contribution >= 0.6 is 15.9 Å². The number of fused-ring (bicyclic) bond motifs is 1. The molecule has 1 saturated carbocycles. The van der Waals surface area contributed by atoms with E-state index in [4.69, 9.17) is 4.74 Å². The third kappa shape index (κ3) is 2.25. The monoisotopic (exact) mass is 281 g/mol. The quantitative estimate of drug-likeness (QED) is 0.920. The lowest BCUT2D eigenvalue weighted by Crippen LogP contribution is -2.32. The molecule has 1 aromatic carbocycles. The van der Waals surface area contributed by atoms with E-state index in [9.17, 15) is 0 Å². The number of ether oxygens (including phenoxy) is 1. The van der Waals surface area contributed by atoms with Crippen LogP contribution in [0, 0.1) is 5.92 Å². The summed E-state index contributed by atoms with van der Waals surface area (Å²) in [6.07, 6.45) is 3.83. The van der Waals surface area contributed by atoms with Crippen LogP contribution < -0.4 is 10.1 Å². The second-order valence-electron chi connectivity index (χ2n) is 4.78. The topological polar surface area (TPSA) is 21.3 Å². The maximum Gasteiger partial charge on any atom is 0.123 e. The number of rotatable bonds is 3. The van der Waals surface area contributed by atoms with Gasteiger partial charge in [0, 0.05) is 28.5 Å². The van der Waals surface area contributed by atoms with Crippen molar-refractivity contribution < 1.29 is 4.74 Å². The summed E-state index contributed by atoms with van der Waals surface area (Å²) in [5.74, 6) is 1.67. The van der Waals surface area contributed by atoms with Gasteiger partial charge < -0.3 is 10.1 Å². The normalized spacial score (nSPS) is 23.7. The molecule has 2 aliphatic rings. The number of halogens is 1. The van der Waals surface area contributed by atoms with Crippen LogP contribution in [0.25, 0.3) is 0 Å². The van der Waals surface area contributed by atoms with Crippen molar-refractivity contribution in [2.75, 3.05) is 13.2 Å². The van der Waals surface area contributed by atoms with E-state index in [2.05, 4.69) is 33.4 Å². The standard InChI is InChI=1S/C13H16BrNO/c14-12-2-1-3-13-11(12)6-9(8-16-13)7-15-10-4-5-10/h1-3,9-10,15H,4-8H2. The van der Waals surface area contributed by atoms with Crippen molar-refractivity contribution in [2.24, 2.45) is 5.92 Å². The molecule has 0 saturated heterocycles. The molecule has 1 aliphatic carbocycles. The Morgan fingerprint density at radius 2 is 2.25 bits per heavy atom. The van der Waals surface area contributed by atoms with Gasteiger partial charge >= 0.3 is 0 Å². The molecule has 16 heavy (non-hydrogen) atoms. The van der Waals surface area contributed by atoms with Crippen LogP contribution in [-0.4, -0.2) is 19.2 Å². The lowest BCUT2D eigenvalue weighted by Gasteiger charge is -2.26. The van der Waals surface area contributed by atoms with Crippen LogP contribution in [0.3, 0.4) is 0 Å². The number of nitrogens with one attached hydrogen (secondary N) is 1. The molecule has 86 valence electrons. The van der Waals surface area contributed by atoms with Crippen LogP contribution in [0.15, 0.2) is 22.7 Å². The molecule has 0 aromatic heterocycles. The molecule has 1 N–H and O–H groups in total. The van der Waals surface area contributed by atoms with Gasteiger partial charge in [0.05, 0.1) is 6.61 Å². The van der Waals surface area contributed by atoms with Crippen molar-refractivity contribution in [1.82, 2.24) is 5.32 Å². The van der Waals surface area contributed by atoms with Gasteiger partial charge in [0.1, 0.15) is 5.75 Å². The summed E-state index contributed by atoms with van der Waals surface area (Å²) in [5, 5.41) is 3.58. The Labute approximate surface area is 105 Å². The van der Waals surface area contributed by atoms with E-state index in [1.54, 1.807) is 0 Å². The smallest absolute Gasteiger partial charge is 0.123 e. The highest BCUT2D eigenvalue weighted by molar-refractivity contribution is 9.10. The van der Waals surface area contributed by atoms with Gasteiger partial charge in [-0.15, -0.1) is 0 Å². The van der Waals surface area contributed by atoms with Gasteiger partial charge in [0.2, 0.25) is 0 Å². The van der Waals surface area contributed by atoms with Crippen molar-refractivity contribution >= 4 is 15.9 Å². The summed E-state index contributed by atoms with van der Waals surface area (Å²) in [7, 11) is 0. The Balaban J connectivity index is 1.67. The first-order chi connectivity index (χ1) is 7.83. The summed E-state index contributed by atoms with van der Waals surface area (Å²) < 4.78 is 6.98. The molecule has 1 aromatic rings.